The predicted octanol–water partition coefficient (Wildman–Crippen LogP) is 3.18. The fraction of sp³-hybridized carbons (Fsp3) is 0.214. The van der Waals surface area contributed by atoms with Crippen molar-refractivity contribution in [1.82, 2.24) is 10.3 Å². The smallest absolute Gasteiger partial charge is 0.219 e. The maximum absolute atomic E-state index is 13.4. The summed E-state index contributed by atoms with van der Waals surface area (Å²) < 4.78 is 31.7. The third-order valence-electron chi connectivity index (χ3n) is 2.64. The van der Waals surface area contributed by atoms with Crippen LogP contribution in [-0.2, 0) is 6.54 Å². The molecule has 0 saturated heterocycles. The van der Waals surface area contributed by atoms with Gasteiger partial charge in [-0.05, 0) is 31.7 Å². The van der Waals surface area contributed by atoms with Gasteiger partial charge in [-0.25, -0.2) is 13.8 Å². The van der Waals surface area contributed by atoms with E-state index in [1.54, 1.807) is 6.07 Å². The van der Waals surface area contributed by atoms with Gasteiger partial charge in [-0.1, -0.05) is 6.07 Å². The number of rotatable bonds is 4. The van der Waals surface area contributed by atoms with Crippen molar-refractivity contribution in [2.24, 2.45) is 0 Å². The van der Waals surface area contributed by atoms with E-state index in [9.17, 15) is 8.78 Å². The van der Waals surface area contributed by atoms with Gasteiger partial charge in [0.15, 0.2) is 11.6 Å². The Morgan fingerprint density at radius 2 is 2.00 bits per heavy atom. The van der Waals surface area contributed by atoms with Crippen LogP contribution in [0.4, 0.5) is 8.78 Å². The Labute approximate surface area is 110 Å². The highest BCUT2D eigenvalue weighted by molar-refractivity contribution is 5.31. The molecule has 0 aliphatic carbocycles. The highest BCUT2D eigenvalue weighted by Gasteiger charge is 2.08. The van der Waals surface area contributed by atoms with Gasteiger partial charge in [0, 0.05) is 24.4 Å². The Bertz CT molecular complexity index is 588. The van der Waals surface area contributed by atoms with E-state index >= 15 is 0 Å². The van der Waals surface area contributed by atoms with E-state index in [1.165, 1.54) is 0 Å². The molecule has 0 aliphatic rings. The lowest BCUT2D eigenvalue weighted by atomic mass is 10.2. The molecule has 0 bridgehead atoms. The van der Waals surface area contributed by atoms with Crippen LogP contribution in [0.25, 0.3) is 0 Å². The highest BCUT2D eigenvalue weighted by Crippen LogP contribution is 2.24. The van der Waals surface area contributed by atoms with Gasteiger partial charge >= 0.3 is 0 Å². The van der Waals surface area contributed by atoms with Gasteiger partial charge in [0.05, 0.1) is 0 Å². The summed E-state index contributed by atoms with van der Waals surface area (Å²) in [5.41, 5.74) is 1.80. The molecule has 0 spiro atoms. The minimum absolute atomic E-state index is 0.173. The molecule has 1 aromatic carbocycles. The number of aryl methyl sites for hydroxylation is 1. The molecule has 100 valence electrons. The summed E-state index contributed by atoms with van der Waals surface area (Å²) in [6.45, 7) is 2.52. The van der Waals surface area contributed by atoms with E-state index in [0.29, 0.717) is 6.54 Å². The molecule has 0 aliphatic heterocycles. The molecule has 2 rings (SSSR count). The Hall–Kier alpha value is -2.01. The van der Waals surface area contributed by atoms with Gasteiger partial charge in [-0.3, -0.25) is 0 Å². The molecule has 0 unspecified atom stereocenters. The SMILES string of the molecule is CNCc1ccc(Oc2cc(F)ccc2F)nc1C. The van der Waals surface area contributed by atoms with Crippen LogP contribution in [0.15, 0.2) is 30.3 Å². The van der Waals surface area contributed by atoms with Crippen molar-refractivity contribution < 1.29 is 13.5 Å². The molecule has 0 amide bonds. The maximum atomic E-state index is 13.4. The van der Waals surface area contributed by atoms with Crippen molar-refractivity contribution in [3.05, 3.63) is 53.2 Å². The Kier molecular flexibility index (Phi) is 4.06. The molecule has 1 N–H and O–H groups in total. The molecule has 19 heavy (non-hydrogen) atoms. The summed E-state index contributed by atoms with van der Waals surface area (Å²) in [6.07, 6.45) is 0. The van der Waals surface area contributed by atoms with Crippen LogP contribution < -0.4 is 10.1 Å². The standard InChI is InChI=1S/C14H14F2N2O/c1-9-10(8-17-2)3-6-14(18-9)19-13-7-11(15)4-5-12(13)16/h3-7,17H,8H2,1-2H3. The average molecular weight is 264 g/mol. The van der Waals surface area contributed by atoms with Gasteiger partial charge in [0.1, 0.15) is 5.82 Å². The van der Waals surface area contributed by atoms with E-state index < -0.39 is 11.6 Å². The lowest BCUT2D eigenvalue weighted by Gasteiger charge is -2.09. The summed E-state index contributed by atoms with van der Waals surface area (Å²) in [5, 5.41) is 3.02. The third-order valence-corrected chi connectivity index (χ3v) is 2.64. The van der Waals surface area contributed by atoms with Crippen molar-refractivity contribution >= 4 is 0 Å². The van der Waals surface area contributed by atoms with Crippen molar-refractivity contribution in [1.29, 1.82) is 0 Å². The zero-order valence-electron chi connectivity index (χ0n) is 10.7. The van der Waals surface area contributed by atoms with E-state index in [4.69, 9.17) is 4.74 Å². The number of hydrogen-bond acceptors (Lipinski definition) is 3. The predicted molar refractivity (Wildman–Crippen MR) is 68.2 cm³/mol. The van der Waals surface area contributed by atoms with Gasteiger partial charge in [-0.15, -0.1) is 0 Å². The second-order valence-electron chi connectivity index (χ2n) is 4.10. The minimum Gasteiger partial charge on any atom is -0.436 e. The second-order valence-corrected chi connectivity index (χ2v) is 4.10. The number of nitrogens with zero attached hydrogens (tertiary/aromatic N) is 1. The zero-order chi connectivity index (χ0) is 13.8. The van der Waals surface area contributed by atoms with Crippen LogP contribution in [0.2, 0.25) is 0 Å². The first-order chi connectivity index (χ1) is 9.10. The number of halogens is 2. The van der Waals surface area contributed by atoms with Gasteiger partial charge < -0.3 is 10.1 Å². The molecular formula is C14H14F2N2O. The fourth-order valence-electron chi connectivity index (χ4n) is 1.67. The molecule has 5 heteroatoms. The summed E-state index contributed by atoms with van der Waals surface area (Å²) in [4.78, 5) is 4.21. The molecule has 3 nitrogen and oxygen atoms in total. The normalized spacial score (nSPS) is 10.5. The number of nitrogens with one attached hydrogen (secondary N) is 1. The first-order valence-electron chi connectivity index (χ1n) is 5.84. The van der Waals surface area contributed by atoms with Crippen molar-refractivity contribution in [2.45, 2.75) is 13.5 Å². The van der Waals surface area contributed by atoms with E-state index in [0.717, 1.165) is 29.5 Å². The number of pyridine rings is 1. The van der Waals surface area contributed by atoms with Crippen LogP contribution in [0.1, 0.15) is 11.3 Å². The van der Waals surface area contributed by atoms with Gasteiger partial charge in [0.25, 0.3) is 0 Å². The maximum Gasteiger partial charge on any atom is 0.219 e. The zero-order valence-corrected chi connectivity index (χ0v) is 10.7. The topological polar surface area (TPSA) is 34.1 Å². The lowest BCUT2D eigenvalue weighted by Crippen LogP contribution is -2.07. The van der Waals surface area contributed by atoms with Crippen LogP contribution in [0.3, 0.4) is 0 Å². The Balaban J connectivity index is 2.24. The van der Waals surface area contributed by atoms with Crippen LogP contribution in [0.5, 0.6) is 11.6 Å². The first kappa shape index (κ1) is 13.4. The van der Waals surface area contributed by atoms with Gasteiger partial charge in [0.2, 0.25) is 5.88 Å². The van der Waals surface area contributed by atoms with Crippen LogP contribution >= 0.6 is 0 Å². The lowest BCUT2D eigenvalue weighted by molar-refractivity contribution is 0.421. The molecule has 0 fully saturated rings. The molecular weight excluding hydrogens is 250 g/mol. The van der Waals surface area contributed by atoms with E-state index in [1.807, 2.05) is 20.0 Å². The summed E-state index contributed by atoms with van der Waals surface area (Å²) in [5.74, 6) is -1.12. The van der Waals surface area contributed by atoms with Crippen LogP contribution in [0, 0.1) is 18.6 Å². The average Bonchev–Trinajstić information content (AvgIpc) is 2.37. The Morgan fingerprint density at radius 3 is 2.68 bits per heavy atom. The fourth-order valence-corrected chi connectivity index (χ4v) is 1.67. The van der Waals surface area contributed by atoms with Crippen molar-refractivity contribution in [3.8, 4) is 11.6 Å². The molecule has 0 radical (unpaired) electrons. The summed E-state index contributed by atoms with van der Waals surface area (Å²) >= 11 is 0. The molecule has 0 saturated carbocycles. The van der Waals surface area contributed by atoms with E-state index in [2.05, 4.69) is 10.3 Å². The Morgan fingerprint density at radius 1 is 1.21 bits per heavy atom. The van der Waals surface area contributed by atoms with Gasteiger partial charge in [-0.2, -0.15) is 0 Å². The van der Waals surface area contributed by atoms with Crippen molar-refractivity contribution in [3.63, 3.8) is 0 Å². The number of ether oxygens (including phenoxy) is 1. The highest BCUT2D eigenvalue weighted by atomic mass is 19.1. The summed E-state index contributed by atoms with van der Waals surface area (Å²) in [7, 11) is 1.84. The number of benzene rings is 1. The molecule has 2 aromatic rings. The second kappa shape index (κ2) is 5.75. The molecule has 0 atom stereocenters. The monoisotopic (exact) mass is 264 g/mol. The third kappa shape index (κ3) is 3.26. The van der Waals surface area contributed by atoms with E-state index in [-0.39, 0.29) is 11.6 Å². The number of aromatic nitrogens is 1. The molecule has 1 aromatic heterocycles. The first-order valence-corrected chi connectivity index (χ1v) is 5.84. The van der Waals surface area contributed by atoms with Crippen LogP contribution in [-0.4, -0.2) is 12.0 Å². The molecule has 1 heterocycles. The quantitative estimate of drug-likeness (QED) is 0.921. The number of hydrogen-bond donors (Lipinski definition) is 1. The largest absolute Gasteiger partial charge is 0.436 e. The minimum atomic E-state index is -0.625. The summed E-state index contributed by atoms with van der Waals surface area (Å²) in [6, 6.07) is 6.52. The van der Waals surface area contributed by atoms with Crippen molar-refractivity contribution in [2.75, 3.05) is 7.05 Å².